The van der Waals surface area contributed by atoms with Crippen LogP contribution in [0.1, 0.15) is 31.4 Å². The Labute approximate surface area is 188 Å². The summed E-state index contributed by atoms with van der Waals surface area (Å²) in [5.74, 6) is -0.766. The topological polar surface area (TPSA) is 66.5 Å². The van der Waals surface area contributed by atoms with Gasteiger partial charge in [0.05, 0.1) is 18.8 Å². The molecular formula is C25H29NO6. The number of amides is 1. The Balaban J connectivity index is 1.30. The summed E-state index contributed by atoms with van der Waals surface area (Å²) in [6, 6.07) is 19.4. The van der Waals surface area contributed by atoms with E-state index in [1.165, 1.54) is 0 Å². The maximum absolute atomic E-state index is 13.1. The minimum absolute atomic E-state index is 0.167. The van der Waals surface area contributed by atoms with Gasteiger partial charge in [-0.25, -0.2) is 4.79 Å². The zero-order valence-corrected chi connectivity index (χ0v) is 18.4. The zero-order chi connectivity index (χ0) is 22.1. The van der Waals surface area contributed by atoms with E-state index < -0.39 is 12.1 Å². The monoisotopic (exact) mass is 439 g/mol. The molecule has 0 N–H and O–H groups in total. The molecule has 7 heteroatoms. The van der Waals surface area contributed by atoms with E-state index >= 15 is 0 Å². The van der Waals surface area contributed by atoms with Crippen LogP contribution in [0, 0.1) is 0 Å². The first kappa shape index (κ1) is 21.4. The predicted molar refractivity (Wildman–Crippen MR) is 115 cm³/mol. The third-order valence-corrected chi connectivity index (χ3v) is 6.18. The Morgan fingerprint density at radius 1 is 0.969 bits per heavy atom. The van der Waals surface area contributed by atoms with Gasteiger partial charge in [0.15, 0.2) is 12.1 Å². The molecule has 3 fully saturated rings. The van der Waals surface area contributed by atoms with Gasteiger partial charge in [0, 0.05) is 6.54 Å². The first-order valence-electron chi connectivity index (χ1n) is 11.1. The van der Waals surface area contributed by atoms with E-state index in [2.05, 4.69) is 0 Å². The van der Waals surface area contributed by atoms with Crippen molar-refractivity contribution in [2.24, 2.45) is 0 Å². The predicted octanol–water partition coefficient (Wildman–Crippen LogP) is 3.86. The molecule has 0 aliphatic carbocycles. The maximum atomic E-state index is 13.1. The van der Waals surface area contributed by atoms with Gasteiger partial charge >= 0.3 is 6.09 Å². The van der Waals surface area contributed by atoms with Crippen molar-refractivity contribution in [3.05, 3.63) is 71.8 Å². The maximum Gasteiger partial charge on any atom is 0.410 e. The minimum atomic E-state index is -0.766. The number of fused-ring (bicyclic) bond motifs is 3. The molecule has 32 heavy (non-hydrogen) atoms. The van der Waals surface area contributed by atoms with E-state index in [-0.39, 0.29) is 37.1 Å². The fourth-order valence-electron chi connectivity index (χ4n) is 4.73. The van der Waals surface area contributed by atoms with Gasteiger partial charge in [0.2, 0.25) is 0 Å². The SMILES string of the molecule is CC1(C)O[C@H]2O[C@H]3[C@@H]([C@H]2O1)N(C(=O)OCc1ccccc1)CC[C@H]3OCc1ccccc1. The lowest BCUT2D eigenvalue weighted by molar-refractivity contribution is -0.230. The molecule has 1 amide bonds. The highest BCUT2D eigenvalue weighted by Gasteiger charge is 2.61. The molecule has 170 valence electrons. The molecule has 3 aliphatic rings. The highest BCUT2D eigenvalue weighted by atomic mass is 16.8. The van der Waals surface area contributed by atoms with Crippen molar-refractivity contribution in [1.82, 2.24) is 4.90 Å². The molecule has 2 aromatic rings. The van der Waals surface area contributed by atoms with E-state index in [1.54, 1.807) is 4.90 Å². The lowest BCUT2D eigenvalue weighted by atomic mass is 9.94. The fraction of sp³-hybridized carbons (Fsp3) is 0.480. The van der Waals surface area contributed by atoms with Crippen LogP contribution in [-0.2, 0) is 36.9 Å². The summed E-state index contributed by atoms with van der Waals surface area (Å²) in [4.78, 5) is 14.8. The highest BCUT2D eigenvalue weighted by molar-refractivity contribution is 5.68. The van der Waals surface area contributed by atoms with E-state index in [4.69, 9.17) is 23.7 Å². The number of ether oxygens (including phenoxy) is 5. The quantitative estimate of drug-likeness (QED) is 0.705. The van der Waals surface area contributed by atoms with Crippen LogP contribution in [0.15, 0.2) is 60.7 Å². The van der Waals surface area contributed by atoms with Crippen molar-refractivity contribution >= 4 is 6.09 Å². The molecule has 5 rings (SSSR count). The van der Waals surface area contributed by atoms with Gasteiger partial charge in [0.25, 0.3) is 0 Å². The smallest absolute Gasteiger partial charge is 0.410 e. The standard InChI is InChI=1S/C25H29NO6/c1-25(2)31-22-20-21(30-23(22)32-25)19(28-15-17-9-5-3-6-10-17)13-14-26(20)24(27)29-16-18-11-7-4-8-12-18/h3-12,19-23H,13-16H2,1-2H3/t19-,20+,21-,22-,23-/m1/s1. The van der Waals surface area contributed by atoms with Gasteiger partial charge < -0.3 is 23.7 Å². The Morgan fingerprint density at radius 3 is 2.31 bits per heavy atom. The van der Waals surface area contributed by atoms with Gasteiger partial charge in [-0.05, 0) is 31.4 Å². The molecule has 5 atom stereocenters. The summed E-state index contributed by atoms with van der Waals surface area (Å²) < 4.78 is 30.2. The summed E-state index contributed by atoms with van der Waals surface area (Å²) in [6.07, 6.45) is -1.16. The van der Waals surface area contributed by atoms with Gasteiger partial charge in [-0.2, -0.15) is 0 Å². The normalized spacial score (nSPS) is 30.6. The van der Waals surface area contributed by atoms with Gasteiger partial charge in [0.1, 0.15) is 18.8 Å². The fourth-order valence-corrected chi connectivity index (χ4v) is 4.73. The van der Waals surface area contributed by atoms with Crippen LogP contribution in [0.4, 0.5) is 4.79 Å². The number of nitrogens with zero attached hydrogens (tertiary/aromatic N) is 1. The first-order chi connectivity index (χ1) is 15.5. The Morgan fingerprint density at radius 2 is 1.62 bits per heavy atom. The van der Waals surface area contributed by atoms with Crippen LogP contribution in [0.2, 0.25) is 0 Å². The van der Waals surface area contributed by atoms with Crippen LogP contribution >= 0.6 is 0 Å². The second-order valence-corrected chi connectivity index (χ2v) is 8.92. The van der Waals surface area contributed by atoms with Crippen molar-refractivity contribution in [3.8, 4) is 0 Å². The van der Waals surface area contributed by atoms with Crippen molar-refractivity contribution < 1.29 is 28.5 Å². The Hall–Kier alpha value is -2.45. The number of hydrogen-bond donors (Lipinski definition) is 0. The molecule has 3 aliphatic heterocycles. The molecule has 0 aromatic heterocycles. The third kappa shape index (κ3) is 4.38. The summed E-state index contributed by atoms with van der Waals surface area (Å²) in [5, 5.41) is 0. The molecule has 0 unspecified atom stereocenters. The van der Waals surface area contributed by atoms with Gasteiger partial charge in [-0.1, -0.05) is 60.7 Å². The van der Waals surface area contributed by atoms with Gasteiger partial charge in [-0.3, -0.25) is 4.90 Å². The number of hydrogen-bond acceptors (Lipinski definition) is 6. The van der Waals surface area contributed by atoms with E-state index in [0.29, 0.717) is 19.6 Å². The van der Waals surface area contributed by atoms with Crippen LogP contribution < -0.4 is 0 Å². The summed E-state index contributed by atoms with van der Waals surface area (Å²) in [6.45, 7) is 4.92. The molecule has 0 saturated carbocycles. The lowest BCUT2D eigenvalue weighted by Crippen LogP contribution is -2.59. The lowest BCUT2D eigenvalue weighted by Gasteiger charge is -2.42. The number of rotatable bonds is 5. The number of likely N-dealkylation sites (tertiary alicyclic amines) is 1. The van der Waals surface area contributed by atoms with Crippen molar-refractivity contribution in [2.45, 2.75) is 69.9 Å². The van der Waals surface area contributed by atoms with Crippen molar-refractivity contribution in [3.63, 3.8) is 0 Å². The summed E-state index contributed by atoms with van der Waals surface area (Å²) in [5.41, 5.74) is 2.04. The molecule has 2 aromatic carbocycles. The molecule has 3 heterocycles. The minimum Gasteiger partial charge on any atom is -0.445 e. The summed E-state index contributed by atoms with van der Waals surface area (Å²) >= 11 is 0. The number of piperidine rings is 1. The van der Waals surface area contributed by atoms with Crippen LogP contribution in [0.3, 0.4) is 0 Å². The number of carbonyl (C=O) groups is 1. The van der Waals surface area contributed by atoms with Crippen molar-refractivity contribution in [1.29, 1.82) is 0 Å². The van der Waals surface area contributed by atoms with Gasteiger partial charge in [-0.15, -0.1) is 0 Å². The van der Waals surface area contributed by atoms with E-state index in [9.17, 15) is 4.79 Å². The van der Waals surface area contributed by atoms with E-state index in [0.717, 1.165) is 11.1 Å². The molecule has 0 radical (unpaired) electrons. The second kappa shape index (κ2) is 8.83. The van der Waals surface area contributed by atoms with Crippen LogP contribution in [-0.4, -0.2) is 54.0 Å². The molecule has 3 saturated heterocycles. The highest BCUT2D eigenvalue weighted by Crippen LogP contribution is 2.43. The molecule has 0 spiro atoms. The summed E-state index contributed by atoms with van der Waals surface area (Å²) in [7, 11) is 0. The molecule has 0 bridgehead atoms. The number of benzene rings is 2. The van der Waals surface area contributed by atoms with Crippen molar-refractivity contribution in [2.75, 3.05) is 6.54 Å². The zero-order valence-electron chi connectivity index (χ0n) is 18.4. The average molecular weight is 440 g/mol. The van der Waals surface area contributed by atoms with Crippen LogP contribution in [0.5, 0.6) is 0 Å². The second-order valence-electron chi connectivity index (χ2n) is 8.92. The Kier molecular flexibility index (Phi) is 5.90. The first-order valence-corrected chi connectivity index (χ1v) is 11.1. The Bertz CT molecular complexity index is 921. The number of carbonyl (C=O) groups excluding carboxylic acids is 1. The van der Waals surface area contributed by atoms with E-state index in [1.807, 2.05) is 74.5 Å². The average Bonchev–Trinajstić information content (AvgIpc) is 3.29. The third-order valence-electron chi connectivity index (χ3n) is 6.18. The largest absolute Gasteiger partial charge is 0.445 e. The molecule has 7 nitrogen and oxygen atoms in total. The van der Waals surface area contributed by atoms with Crippen LogP contribution in [0.25, 0.3) is 0 Å². The molecular weight excluding hydrogens is 410 g/mol.